The number of rotatable bonds is 9. The van der Waals surface area contributed by atoms with Gasteiger partial charge in [-0.2, -0.15) is 0 Å². The van der Waals surface area contributed by atoms with Gasteiger partial charge in [-0.15, -0.1) is 0 Å². The number of nitrogens with one attached hydrogen (secondary N) is 2. The summed E-state index contributed by atoms with van der Waals surface area (Å²) >= 11 is 0. The van der Waals surface area contributed by atoms with Gasteiger partial charge in [0, 0.05) is 50.7 Å². The lowest BCUT2D eigenvalue weighted by Gasteiger charge is -2.17. The van der Waals surface area contributed by atoms with Crippen LogP contribution >= 0.6 is 0 Å². The normalized spacial score (nSPS) is 13.1. The standard InChI is InChI=1S/C23H30N4O3/c1-3-24-23(26-19-9-6-10-20(16-19)30-15-7-14-29-2)25-17-22(28)27-13-12-18-8-4-5-11-21(18)27/h4-6,8-11,16H,3,7,12-15,17H2,1-2H3,(H2,24,25,26). The summed E-state index contributed by atoms with van der Waals surface area (Å²) in [7, 11) is 1.68. The molecule has 0 fully saturated rings. The maximum absolute atomic E-state index is 12.7. The number of nitrogens with zero attached hydrogens (tertiary/aromatic N) is 2. The first-order chi connectivity index (χ1) is 14.7. The average molecular weight is 411 g/mol. The van der Waals surface area contributed by atoms with E-state index >= 15 is 0 Å². The Morgan fingerprint density at radius 1 is 1.17 bits per heavy atom. The number of carbonyl (C=O) groups excluding carboxylic acids is 1. The summed E-state index contributed by atoms with van der Waals surface area (Å²) in [6.45, 7) is 4.74. The number of hydrogen-bond donors (Lipinski definition) is 2. The number of para-hydroxylation sites is 1. The van der Waals surface area contributed by atoms with E-state index in [-0.39, 0.29) is 12.5 Å². The highest BCUT2D eigenvalue weighted by molar-refractivity contribution is 6.00. The van der Waals surface area contributed by atoms with E-state index < -0.39 is 0 Å². The fraction of sp³-hybridized carbons (Fsp3) is 0.391. The molecule has 160 valence electrons. The van der Waals surface area contributed by atoms with Gasteiger partial charge in [-0.3, -0.25) is 4.79 Å². The molecule has 2 aromatic rings. The summed E-state index contributed by atoms with van der Waals surface area (Å²) in [5.74, 6) is 1.33. The van der Waals surface area contributed by atoms with Crippen LogP contribution in [-0.4, -0.2) is 51.8 Å². The summed E-state index contributed by atoms with van der Waals surface area (Å²) in [5.41, 5.74) is 3.05. The van der Waals surface area contributed by atoms with Crippen molar-refractivity contribution in [1.29, 1.82) is 0 Å². The van der Waals surface area contributed by atoms with Crippen LogP contribution in [0.5, 0.6) is 5.75 Å². The van der Waals surface area contributed by atoms with Crippen molar-refractivity contribution >= 4 is 23.2 Å². The molecule has 3 rings (SSSR count). The molecule has 0 unspecified atom stereocenters. The third-order valence-corrected chi connectivity index (χ3v) is 4.76. The topological polar surface area (TPSA) is 75.2 Å². The zero-order valence-corrected chi connectivity index (χ0v) is 17.7. The first-order valence-electron chi connectivity index (χ1n) is 10.4. The zero-order chi connectivity index (χ0) is 21.2. The molecule has 7 heteroatoms. The first kappa shape index (κ1) is 21.6. The number of fused-ring (bicyclic) bond motifs is 1. The monoisotopic (exact) mass is 410 g/mol. The van der Waals surface area contributed by atoms with Crippen LogP contribution in [0.25, 0.3) is 0 Å². The molecule has 0 radical (unpaired) electrons. The number of ether oxygens (including phenoxy) is 2. The van der Waals surface area contributed by atoms with Crippen LogP contribution in [0.3, 0.4) is 0 Å². The molecule has 30 heavy (non-hydrogen) atoms. The lowest BCUT2D eigenvalue weighted by atomic mass is 10.2. The SMILES string of the molecule is CCNC(=NCC(=O)N1CCc2ccccc21)Nc1cccc(OCCCOC)c1. The summed E-state index contributed by atoms with van der Waals surface area (Å²) in [5, 5.41) is 6.44. The molecule has 1 aliphatic rings. The van der Waals surface area contributed by atoms with Crippen LogP contribution in [0.15, 0.2) is 53.5 Å². The van der Waals surface area contributed by atoms with Gasteiger partial charge in [0.1, 0.15) is 12.3 Å². The van der Waals surface area contributed by atoms with Gasteiger partial charge < -0.3 is 25.0 Å². The predicted molar refractivity (Wildman–Crippen MR) is 121 cm³/mol. The maximum Gasteiger partial charge on any atom is 0.248 e. The number of anilines is 2. The number of amides is 1. The van der Waals surface area contributed by atoms with E-state index in [1.165, 1.54) is 5.56 Å². The molecule has 0 aliphatic carbocycles. The van der Waals surface area contributed by atoms with E-state index in [0.29, 0.717) is 32.3 Å². The number of methoxy groups -OCH3 is 1. The second kappa shape index (κ2) is 11.2. The highest BCUT2D eigenvalue weighted by Gasteiger charge is 2.23. The van der Waals surface area contributed by atoms with Gasteiger partial charge in [-0.25, -0.2) is 4.99 Å². The molecule has 2 N–H and O–H groups in total. The summed E-state index contributed by atoms with van der Waals surface area (Å²) < 4.78 is 10.8. The minimum atomic E-state index is -0.00706. The Kier molecular flexibility index (Phi) is 8.09. The Balaban J connectivity index is 1.60. The number of carbonyl (C=O) groups is 1. The van der Waals surface area contributed by atoms with Crippen LogP contribution in [0.2, 0.25) is 0 Å². The van der Waals surface area contributed by atoms with Gasteiger partial charge in [-0.05, 0) is 37.1 Å². The molecule has 1 amide bonds. The molecule has 0 saturated heterocycles. The molecular formula is C23H30N4O3. The second-order valence-corrected chi connectivity index (χ2v) is 6.97. The fourth-order valence-electron chi connectivity index (χ4n) is 3.33. The second-order valence-electron chi connectivity index (χ2n) is 6.97. The van der Waals surface area contributed by atoms with Gasteiger partial charge in [0.05, 0.1) is 6.61 Å². The van der Waals surface area contributed by atoms with Gasteiger partial charge in [0.2, 0.25) is 5.91 Å². The summed E-state index contributed by atoms with van der Waals surface area (Å²) in [6.07, 6.45) is 1.72. The van der Waals surface area contributed by atoms with Crippen molar-refractivity contribution in [3.63, 3.8) is 0 Å². The number of hydrogen-bond acceptors (Lipinski definition) is 4. The fourth-order valence-corrected chi connectivity index (χ4v) is 3.33. The first-order valence-corrected chi connectivity index (χ1v) is 10.4. The molecule has 0 atom stereocenters. The molecule has 2 aromatic carbocycles. The minimum absolute atomic E-state index is 0.00706. The largest absolute Gasteiger partial charge is 0.493 e. The summed E-state index contributed by atoms with van der Waals surface area (Å²) in [6, 6.07) is 15.7. The van der Waals surface area contributed by atoms with Crippen LogP contribution in [0.4, 0.5) is 11.4 Å². The Morgan fingerprint density at radius 2 is 2.03 bits per heavy atom. The van der Waals surface area contributed by atoms with Crippen molar-refractivity contribution in [2.24, 2.45) is 4.99 Å². The molecule has 0 spiro atoms. The molecule has 0 aromatic heterocycles. The van der Waals surface area contributed by atoms with E-state index in [1.807, 2.05) is 54.3 Å². The highest BCUT2D eigenvalue weighted by Crippen LogP contribution is 2.27. The van der Waals surface area contributed by atoms with Crippen LogP contribution in [0, 0.1) is 0 Å². The zero-order valence-electron chi connectivity index (χ0n) is 17.7. The van der Waals surface area contributed by atoms with Crippen LogP contribution < -0.4 is 20.3 Å². The van der Waals surface area contributed by atoms with Gasteiger partial charge in [0.15, 0.2) is 5.96 Å². The van der Waals surface area contributed by atoms with E-state index in [9.17, 15) is 4.79 Å². The van der Waals surface area contributed by atoms with Crippen molar-refractivity contribution in [2.45, 2.75) is 19.8 Å². The number of benzene rings is 2. The highest BCUT2D eigenvalue weighted by atomic mass is 16.5. The van der Waals surface area contributed by atoms with Gasteiger partial charge >= 0.3 is 0 Å². The number of guanidine groups is 1. The number of aliphatic imine (C=N–C) groups is 1. The van der Waals surface area contributed by atoms with E-state index in [4.69, 9.17) is 9.47 Å². The van der Waals surface area contributed by atoms with Crippen molar-refractivity contribution in [1.82, 2.24) is 5.32 Å². The Hall–Kier alpha value is -3.06. The quantitative estimate of drug-likeness (QED) is 0.378. The predicted octanol–water partition coefficient (Wildman–Crippen LogP) is 3.07. The van der Waals surface area contributed by atoms with Crippen molar-refractivity contribution < 1.29 is 14.3 Å². The Labute approximate surface area is 178 Å². The third-order valence-electron chi connectivity index (χ3n) is 4.76. The summed E-state index contributed by atoms with van der Waals surface area (Å²) in [4.78, 5) is 19.0. The molecule has 7 nitrogen and oxygen atoms in total. The minimum Gasteiger partial charge on any atom is -0.493 e. The van der Waals surface area contributed by atoms with Gasteiger partial charge in [0.25, 0.3) is 0 Å². The third kappa shape index (κ3) is 5.97. The van der Waals surface area contributed by atoms with Gasteiger partial charge in [-0.1, -0.05) is 24.3 Å². The van der Waals surface area contributed by atoms with Crippen LogP contribution in [-0.2, 0) is 16.0 Å². The molecule has 0 bridgehead atoms. The average Bonchev–Trinajstić information content (AvgIpc) is 3.20. The molecule has 0 saturated carbocycles. The van der Waals surface area contributed by atoms with E-state index in [2.05, 4.69) is 21.7 Å². The maximum atomic E-state index is 12.7. The molecular weight excluding hydrogens is 380 g/mol. The van der Waals surface area contributed by atoms with E-state index in [0.717, 1.165) is 30.0 Å². The lowest BCUT2D eigenvalue weighted by Crippen LogP contribution is -2.34. The molecule has 1 aliphatic heterocycles. The lowest BCUT2D eigenvalue weighted by molar-refractivity contribution is -0.117. The van der Waals surface area contributed by atoms with Crippen LogP contribution in [0.1, 0.15) is 18.9 Å². The van der Waals surface area contributed by atoms with Crippen molar-refractivity contribution in [2.75, 3.05) is 50.2 Å². The Bertz CT molecular complexity index is 869. The van der Waals surface area contributed by atoms with Crippen molar-refractivity contribution in [3.8, 4) is 5.75 Å². The van der Waals surface area contributed by atoms with E-state index in [1.54, 1.807) is 7.11 Å². The van der Waals surface area contributed by atoms with Crippen molar-refractivity contribution in [3.05, 3.63) is 54.1 Å². The molecule has 1 heterocycles. The Morgan fingerprint density at radius 3 is 2.87 bits per heavy atom. The smallest absolute Gasteiger partial charge is 0.248 e.